The van der Waals surface area contributed by atoms with Gasteiger partial charge in [-0.25, -0.2) is 0 Å². The van der Waals surface area contributed by atoms with E-state index in [9.17, 15) is 9.59 Å². The highest BCUT2D eigenvalue weighted by Crippen LogP contribution is 2.34. The topological polar surface area (TPSA) is 52.6 Å². The first-order valence-electron chi connectivity index (χ1n) is 9.14. The molecule has 1 aliphatic rings. The Balaban J connectivity index is 3.44. The minimum absolute atomic E-state index is 0.260. The van der Waals surface area contributed by atoms with Crippen LogP contribution in [0.1, 0.15) is 67.2 Å². The molecule has 0 heterocycles. The molecule has 0 amide bonds. The lowest BCUT2D eigenvalue weighted by Crippen LogP contribution is -2.29. The zero-order valence-corrected chi connectivity index (χ0v) is 16.0. The molecule has 0 N–H and O–H groups in total. The zero-order valence-electron chi connectivity index (χ0n) is 16.0. The molecule has 1 aliphatic carbocycles. The molecule has 0 aromatic heterocycles. The first-order valence-corrected chi connectivity index (χ1v) is 9.14. The maximum Gasteiger partial charge on any atom is 0.233 e. The van der Waals surface area contributed by atoms with Crippen LogP contribution < -0.4 is 0 Å². The van der Waals surface area contributed by atoms with Crippen molar-refractivity contribution in [3.63, 3.8) is 0 Å². The molecule has 0 saturated carbocycles. The molecule has 0 fully saturated rings. The highest BCUT2D eigenvalue weighted by molar-refractivity contribution is 6.50. The van der Waals surface area contributed by atoms with E-state index in [1.54, 1.807) is 0 Å². The van der Waals surface area contributed by atoms with Gasteiger partial charge in [0.25, 0.3) is 0 Å². The Morgan fingerprint density at radius 2 is 1.04 bits per heavy atom. The van der Waals surface area contributed by atoms with Crippen molar-refractivity contribution in [1.29, 1.82) is 0 Å². The van der Waals surface area contributed by atoms with Gasteiger partial charge in [0.05, 0.1) is 13.2 Å². The summed E-state index contributed by atoms with van der Waals surface area (Å²) in [6.45, 7) is 13.2. The van der Waals surface area contributed by atoms with Crippen molar-refractivity contribution >= 4 is 11.6 Å². The van der Waals surface area contributed by atoms with E-state index >= 15 is 0 Å². The van der Waals surface area contributed by atoms with E-state index in [1.807, 2.05) is 41.5 Å². The van der Waals surface area contributed by atoms with Gasteiger partial charge in [0.1, 0.15) is 0 Å². The lowest BCUT2D eigenvalue weighted by atomic mass is 9.85. The molecule has 0 spiro atoms. The summed E-state index contributed by atoms with van der Waals surface area (Å²) in [6.07, 6.45) is 2.72. The highest BCUT2D eigenvalue weighted by Gasteiger charge is 2.37. The molecule has 4 heteroatoms. The quantitative estimate of drug-likeness (QED) is 0.432. The molecule has 0 aromatic rings. The summed E-state index contributed by atoms with van der Waals surface area (Å²) in [4.78, 5) is 25.3. The second-order valence-corrected chi connectivity index (χ2v) is 7.17. The smallest absolute Gasteiger partial charge is 0.233 e. The van der Waals surface area contributed by atoms with Crippen LogP contribution in [0.2, 0.25) is 0 Å². The number of hydrogen-bond donors (Lipinski definition) is 0. The van der Waals surface area contributed by atoms with Crippen LogP contribution in [-0.4, -0.2) is 24.8 Å². The molecular formula is C20H32O4. The number of carbonyl (C=O) groups is 2. The van der Waals surface area contributed by atoms with Crippen LogP contribution in [0.15, 0.2) is 22.7 Å². The van der Waals surface area contributed by atoms with Crippen LogP contribution in [0.3, 0.4) is 0 Å². The fourth-order valence-corrected chi connectivity index (χ4v) is 2.66. The van der Waals surface area contributed by atoms with Crippen LogP contribution >= 0.6 is 0 Å². The third kappa shape index (κ3) is 5.22. The van der Waals surface area contributed by atoms with Crippen LogP contribution in [0.4, 0.5) is 0 Å². The Morgan fingerprint density at radius 1 is 0.708 bits per heavy atom. The predicted octanol–water partition coefficient (Wildman–Crippen LogP) is 4.59. The van der Waals surface area contributed by atoms with E-state index in [0.29, 0.717) is 48.7 Å². The SMILES string of the molecule is CCCOC1=C(CC(C)C)C(=O)C(=O)C(CC(C)C)=C1OCCC. The third-order valence-electron chi connectivity index (χ3n) is 3.63. The second kappa shape index (κ2) is 9.65. The van der Waals surface area contributed by atoms with Crippen molar-refractivity contribution in [3.8, 4) is 0 Å². The molecule has 0 aromatic carbocycles. The Kier molecular flexibility index (Phi) is 8.23. The average molecular weight is 336 g/mol. The van der Waals surface area contributed by atoms with Crippen molar-refractivity contribution in [2.45, 2.75) is 67.2 Å². The fourth-order valence-electron chi connectivity index (χ4n) is 2.66. The molecular weight excluding hydrogens is 304 g/mol. The van der Waals surface area contributed by atoms with Gasteiger partial charge < -0.3 is 9.47 Å². The minimum Gasteiger partial charge on any atom is -0.489 e. The van der Waals surface area contributed by atoms with Crippen molar-refractivity contribution in [2.24, 2.45) is 11.8 Å². The maximum absolute atomic E-state index is 12.7. The van der Waals surface area contributed by atoms with Crippen LogP contribution in [0.25, 0.3) is 0 Å². The number of rotatable bonds is 10. The largest absolute Gasteiger partial charge is 0.489 e. The Hall–Kier alpha value is -1.58. The lowest BCUT2D eigenvalue weighted by Gasteiger charge is -2.26. The minimum atomic E-state index is -0.422. The van der Waals surface area contributed by atoms with Gasteiger partial charge in [-0.05, 0) is 37.5 Å². The van der Waals surface area contributed by atoms with E-state index in [-0.39, 0.29) is 11.8 Å². The van der Waals surface area contributed by atoms with Gasteiger partial charge in [-0.3, -0.25) is 9.59 Å². The lowest BCUT2D eigenvalue weighted by molar-refractivity contribution is -0.133. The van der Waals surface area contributed by atoms with Gasteiger partial charge in [0.15, 0.2) is 11.5 Å². The summed E-state index contributed by atoms with van der Waals surface area (Å²) in [7, 11) is 0. The zero-order chi connectivity index (χ0) is 18.3. The van der Waals surface area contributed by atoms with Gasteiger partial charge in [0, 0.05) is 11.1 Å². The average Bonchev–Trinajstić information content (AvgIpc) is 2.51. The third-order valence-corrected chi connectivity index (χ3v) is 3.63. The first kappa shape index (κ1) is 20.5. The summed E-state index contributed by atoms with van der Waals surface area (Å²) < 4.78 is 11.8. The molecule has 0 aliphatic heterocycles. The van der Waals surface area contributed by atoms with Gasteiger partial charge in [-0.15, -0.1) is 0 Å². The maximum atomic E-state index is 12.7. The highest BCUT2D eigenvalue weighted by atomic mass is 16.5. The Morgan fingerprint density at radius 3 is 1.29 bits per heavy atom. The van der Waals surface area contributed by atoms with Gasteiger partial charge in [0.2, 0.25) is 11.6 Å². The Bertz CT molecular complexity index is 476. The molecule has 0 atom stereocenters. The van der Waals surface area contributed by atoms with Crippen LogP contribution in [-0.2, 0) is 19.1 Å². The molecule has 136 valence electrons. The number of Topliss-reactive ketones (excluding diaryl/α,β-unsaturated/α-hetero) is 2. The molecule has 1 rings (SSSR count). The number of ketones is 2. The van der Waals surface area contributed by atoms with Gasteiger partial charge >= 0.3 is 0 Å². The summed E-state index contributed by atoms with van der Waals surface area (Å²) >= 11 is 0. The van der Waals surface area contributed by atoms with E-state index in [0.717, 1.165) is 12.8 Å². The normalized spacial score (nSPS) is 15.8. The number of carbonyl (C=O) groups excluding carboxylic acids is 2. The standard InChI is InChI=1S/C20H32O4/c1-7-9-23-19-15(11-13(3)4)17(21)18(22)16(12-14(5)6)20(19)24-10-8-2/h13-14H,7-12H2,1-6H3. The van der Waals surface area contributed by atoms with Gasteiger partial charge in [-0.1, -0.05) is 41.5 Å². The fraction of sp³-hybridized carbons (Fsp3) is 0.700. The first-order chi connectivity index (χ1) is 11.3. The van der Waals surface area contributed by atoms with Crippen molar-refractivity contribution in [2.75, 3.05) is 13.2 Å². The summed E-state index contributed by atoms with van der Waals surface area (Å²) in [6, 6.07) is 0. The molecule has 0 bridgehead atoms. The molecule has 4 nitrogen and oxygen atoms in total. The Labute approximate surface area is 146 Å². The number of allylic oxidation sites excluding steroid dienone is 2. The van der Waals surface area contributed by atoms with Crippen LogP contribution in [0, 0.1) is 11.8 Å². The summed E-state index contributed by atoms with van der Waals surface area (Å²) in [5.74, 6) is 0.675. The molecule has 0 saturated heterocycles. The van der Waals surface area contributed by atoms with Crippen molar-refractivity contribution in [1.82, 2.24) is 0 Å². The number of hydrogen-bond acceptors (Lipinski definition) is 4. The molecule has 24 heavy (non-hydrogen) atoms. The summed E-state index contributed by atoms with van der Waals surface area (Å²) in [5, 5.41) is 0. The number of ether oxygens (including phenoxy) is 2. The second-order valence-electron chi connectivity index (χ2n) is 7.17. The van der Waals surface area contributed by atoms with E-state index in [4.69, 9.17) is 9.47 Å². The van der Waals surface area contributed by atoms with Gasteiger partial charge in [-0.2, -0.15) is 0 Å². The van der Waals surface area contributed by atoms with E-state index in [2.05, 4.69) is 0 Å². The van der Waals surface area contributed by atoms with Crippen LogP contribution in [0.5, 0.6) is 0 Å². The van der Waals surface area contributed by atoms with E-state index < -0.39 is 11.6 Å². The van der Waals surface area contributed by atoms with Crippen molar-refractivity contribution < 1.29 is 19.1 Å². The van der Waals surface area contributed by atoms with Crippen molar-refractivity contribution in [3.05, 3.63) is 22.7 Å². The monoisotopic (exact) mass is 336 g/mol. The predicted molar refractivity (Wildman–Crippen MR) is 95.5 cm³/mol. The summed E-state index contributed by atoms with van der Waals surface area (Å²) in [5.41, 5.74) is 0.948. The molecule has 0 radical (unpaired) electrons. The molecule has 0 unspecified atom stereocenters. The van der Waals surface area contributed by atoms with E-state index in [1.165, 1.54) is 0 Å².